The monoisotopic (exact) mass is 298 g/mol. The first kappa shape index (κ1) is 15.8. The van der Waals surface area contributed by atoms with E-state index in [-0.39, 0.29) is 12.1 Å². The van der Waals surface area contributed by atoms with E-state index in [1.54, 1.807) is 6.20 Å². The minimum Gasteiger partial charge on any atom is -0.378 e. The molecule has 0 spiro atoms. The number of amides is 2. The molecule has 1 aromatic carbocycles. The molecule has 0 bridgehead atoms. The molecule has 2 rings (SSSR count). The number of carbonyl (C=O) groups excluding carboxylic acids is 1. The van der Waals surface area contributed by atoms with Gasteiger partial charge in [-0.2, -0.15) is 0 Å². The van der Waals surface area contributed by atoms with Crippen LogP contribution in [0.5, 0.6) is 0 Å². The number of hydrogen-bond acceptors (Lipinski definition) is 3. The van der Waals surface area contributed by atoms with Gasteiger partial charge in [-0.1, -0.05) is 18.2 Å². The summed E-state index contributed by atoms with van der Waals surface area (Å²) in [4.78, 5) is 18.2. The maximum atomic E-state index is 12.0. The molecule has 0 radical (unpaired) electrons. The molecule has 0 saturated carbocycles. The zero-order valence-corrected chi connectivity index (χ0v) is 13.2. The van der Waals surface area contributed by atoms with Crippen molar-refractivity contribution in [3.8, 4) is 0 Å². The minimum atomic E-state index is -0.201. The zero-order valence-electron chi connectivity index (χ0n) is 13.2. The van der Waals surface area contributed by atoms with Gasteiger partial charge >= 0.3 is 6.03 Å². The molecule has 5 nitrogen and oxygen atoms in total. The van der Waals surface area contributed by atoms with E-state index in [4.69, 9.17) is 0 Å². The van der Waals surface area contributed by atoms with Gasteiger partial charge in [-0.25, -0.2) is 4.79 Å². The molecule has 0 aliphatic heterocycles. The van der Waals surface area contributed by atoms with Crippen LogP contribution in [0.25, 0.3) is 0 Å². The number of aromatic nitrogens is 1. The Bertz CT molecular complexity index is 613. The van der Waals surface area contributed by atoms with Crippen LogP contribution < -0.4 is 15.5 Å². The largest absolute Gasteiger partial charge is 0.378 e. The molecule has 1 heterocycles. The first-order chi connectivity index (χ1) is 10.6. The second-order valence-electron chi connectivity index (χ2n) is 5.37. The Labute approximate surface area is 131 Å². The van der Waals surface area contributed by atoms with E-state index in [2.05, 4.69) is 21.7 Å². The van der Waals surface area contributed by atoms with Gasteiger partial charge in [-0.05, 0) is 36.8 Å². The summed E-state index contributed by atoms with van der Waals surface area (Å²) in [6.07, 6.45) is 1.72. The van der Waals surface area contributed by atoms with Crippen molar-refractivity contribution in [1.82, 2.24) is 15.6 Å². The Morgan fingerprint density at radius 2 is 2.05 bits per heavy atom. The van der Waals surface area contributed by atoms with Gasteiger partial charge in [0, 0.05) is 32.5 Å². The van der Waals surface area contributed by atoms with Gasteiger partial charge < -0.3 is 15.5 Å². The standard InChI is InChI=1S/C17H22N4O/c1-13(16-9-4-5-10-18-16)20-17(22)19-12-14-7-6-8-15(11-14)21(2)3/h4-11,13H,12H2,1-3H3,(H2,19,20,22). The first-order valence-corrected chi connectivity index (χ1v) is 7.28. The summed E-state index contributed by atoms with van der Waals surface area (Å²) in [5.74, 6) is 0. The molecule has 1 aromatic heterocycles. The molecular weight excluding hydrogens is 276 g/mol. The van der Waals surface area contributed by atoms with Crippen LogP contribution in [0.3, 0.4) is 0 Å². The Balaban J connectivity index is 1.86. The Morgan fingerprint density at radius 3 is 2.73 bits per heavy atom. The van der Waals surface area contributed by atoms with Crippen molar-refractivity contribution in [2.75, 3.05) is 19.0 Å². The molecule has 0 aliphatic carbocycles. The predicted octanol–water partition coefficient (Wildman–Crippen LogP) is 2.71. The minimum absolute atomic E-state index is 0.130. The summed E-state index contributed by atoms with van der Waals surface area (Å²) < 4.78 is 0. The average Bonchev–Trinajstić information content (AvgIpc) is 2.54. The van der Waals surface area contributed by atoms with Crippen LogP contribution in [0, 0.1) is 0 Å². The maximum Gasteiger partial charge on any atom is 0.315 e. The van der Waals surface area contributed by atoms with Crippen LogP contribution >= 0.6 is 0 Å². The van der Waals surface area contributed by atoms with E-state index >= 15 is 0 Å². The van der Waals surface area contributed by atoms with Crippen molar-refractivity contribution in [1.29, 1.82) is 0 Å². The molecule has 2 N–H and O–H groups in total. The fourth-order valence-corrected chi connectivity index (χ4v) is 2.08. The van der Waals surface area contributed by atoms with Gasteiger partial charge in [0.05, 0.1) is 11.7 Å². The number of nitrogens with zero attached hydrogens (tertiary/aromatic N) is 2. The lowest BCUT2D eigenvalue weighted by Gasteiger charge is -2.15. The molecule has 2 amide bonds. The molecule has 0 fully saturated rings. The number of carbonyl (C=O) groups is 1. The number of urea groups is 1. The van der Waals surface area contributed by atoms with Crippen LogP contribution in [0.15, 0.2) is 48.7 Å². The Kier molecular flexibility index (Phi) is 5.36. The fourth-order valence-electron chi connectivity index (χ4n) is 2.08. The molecule has 5 heteroatoms. The van der Waals surface area contributed by atoms with Gasteiger partial charge in [-0.15, -0.1) is 0 Å². The Morgan fingerprint density at radius 1 is 1.23 bits per heavy atom. The van der Waals surface area contributed by atoms with Gasteiger partial charge in [-0.3, -0.25) is 4.98 Å². The van der Waals surface area contributed by atoms with Crippen molar-refractivity contribution < 1.29 is 4.79 Å². The third-order valence-electron chi connectivity index (χ3n) is 3.36. The van der Waals surface area contributed by atoms with Crippen LogP contribution in [-0.4, -0.2) is 25.1 Å². The molecule has 1 unspecified atom stereocenters. The number of nitrogens with one attached hydrogen (secondary N) is 2. The second-order valence-corrected chi connectivity index (χ2v) is 5.37. The van der Waals surface area contributed by atoms with Crippen molar-refractivity contribution in [3.63, 3.8) is 0 Å². The average molecular weight is 298 g/mol. The summed E-state index contributed by atoms with van der Waals surface area (Å²) in [5, 5.41) is 5.75. The van der Waals surface area contributed by atoms with Gasteiger partial charge in [0.15, 0.2) is 0 Å². The van der Waals surface area contributed by atoms with Crippen molar-refractivity contribution in [2.24, 2.45) is 0 Å². The van der Waals surface area contributed by atoms with Gasteiger partial charge in [0.2, 0.25) is 0 Å². The lowest BCUT2D eigenvalue weighted by molar-refractivity contribution is 0.237. The third kappa shape index (κ3) is 4.48. The molecule has 0 aliphatic rings. The van der Waals surface area contributed by atoms with Crippen LogP contribution in [0.4, 0.5) is 10.5 Å². The summed E-state index contributed by atoms with van der Waals surface area (Å²) in [5.41, 5.74) is 3.01. The number of pyridine rings is 1. The zero-order chi connectivity index (χ0) is 15.9. The van der Waals surface area contributed by atoms with Crippen LogP contribution in [-0.2, 0) is 6.54 Å². The van der Waals surface area contributed by atoms with Crippen LogP contribution in [0.1, 0.15) is 24.2 Å². The lowest BCUT2D eigenvalue weighted by atomic mass is 10.2. The van der Waals surface area contributed by atoms with Crippen molar-refractivity contribution >= 4 is 11.7 Å². The number of anilines is 1. The molecule has 22 heavy (non-hydrogen) atoms. The molecule has 2 aromatic rings. The smallest absolute Gasteiger partial charge is 0.315 e. The van der Waals surface area contributed by atoms with E-state index in [9.17, 15) is 4.79 Å². The number of hydrogen-bond donors (Lipinski definition) is 2. The van der Waals surface area contributed by atoms with E-state index < -0.39 is 0 Å². The predicted molar refractivity (Wildman–Crippen MR) is 88.8 cm³/mol. The first-order valence-electron chi connectivity index (χ1n) is 7.28. The fraction of sp³-hybridized carbons (Fsp3) is 0.294. The highest BCUT2D eigenvalue weighted by atomic mass is 16.2. The van der Waals surface area contributed by atoms with Gasteiger partial charge in [0.1, 0.15) is 0 Å². The highest BCUT2D eigenvalue weighted by Crippen LogP contribution is 2.13. The molecular formula is C17H22N4O. The van der Waals surface area contributed by atoms with Crippen molar-refractivity contribution in [2.45, 2.75) is 19.5 Å². The van der Waals surface area contributed by atoms with Crippen molar-refractivity contribution in [3.05, 3.63) is 59.9 Å². The topological polar surface area (TPSA) is 57.3 Å². The van der Waals surface area contributed by atoms with Gasteiger partial charge in [0.25, 0.3) is 0 Å². The lowest BCUT2D eigenvalue weighted by Crippen LogP contribution is -2.36. The third-order valence-corrected chi connectivity index (χ3v) is 3.36. The second kappa shape index (κ2) is 7.45. The highest BCUT2D eigenvalue weighted by Gasteiger charge is 2.09. The summed E-state index contributed by atoms with van der Waals surface area (Å²) in [6, 6.07) is 13.4. The van der Waals surface area contributed by atoms with E-state index in [1.807, 2.05) is 62.3 Å². The van der Waals surface area contributed by atoms with E-state index in [0.717, 1.165) is 16.9 Å². The van der Waals surface area contributed by atoms with E-state index in [1.165, 1.54) is 0 Å². The molecule has 0 saturated heterocycles. The summed E-state index contributed by atoms with van der Waals surface area (Å²) in [6.45, 7) is 2.40. The number of rotatable bonds is 5. The molecule has 1 atom stereocenters. The van der Waals surface area contributed by atoms with E-state index in [0.29, 0.717) is 6.54 Å². The maximum absolute atomic E-state index is 12.0. The highest BCUT2D eigenvalue weighted by molar-refractivity contribution is 5.74. The molecule has 116 valence electrons. The Hall–Kier alpha value is -2.56. The summed E-state index contributed by atoms with van der Waals surface area (Å²) >= 11 is 0. The SMILES string of the molecule is CC(NC(=O)NCc1cccc(N(C)C)c1)c1ccccn1. The summed E-state index contributed by atoms with van der Waals surface area (Å²) in [7, 11) is 3.99. The normalized spacial score (nSPS) is 11.6. The van der Waals surface area contributed by atoms with Crippen LogP contribution in [0.2, 0.25) is 0 Å². The number of benzene rings is 1. The quantitative estimate of drug-likeness (QED) is 0.892.